The lowest BCUT2D eigenvalue weighted by Gasteiger charge is -2.31. The van der Waals surface area contributed by atoms with Gasteiger partial charge >= 0.3 is 0 Å². The van der Waals surface area contributed by atoms with E-state index in [1.807, 2.05) is 114 Å². The largest absolute Gasteiger partial charge is 0.354 e. The molecule has 0 heterocycles. The molecule has 2 unspecified atom stereocenters. The van der Waals surface area contributed by atoms with Crippen LogP contribution in [0.25, 0.3) is 0 Å². The number of nitrogens with one attached hydrogen (secondary N) is 1. The molecule has 0 aliphatic rings. The van der Waals surface area contributed by atoms with Gasteiger partial charge in [-0.2, -0.15) is 0 Å². The Balaban J connectivity index is 1.79. The number of nitrogens with zero attached hydrogens (tertiary/aromatic N) is 1. The van der Waals surface area contributed by atoms with Gasteiger partial charge in [-0.05, 0) is 53.8 Å². The lowest BCUT2D eigenvalue weighted by atomic mass is 10.2. The Bertz CT molecular complexity index is 1060. The lowest BCUT2D eigenvalue weighted by Crippen LogP contribution is -2.19. The zero-order chi connectivity index (χ0) is 20.1. The highest BCUT2D eigenvalue weighted by atomic mass is 31.2. The molecule has 4 rings (SSSR count). The first kappa shape index (κ1) is 19.6. The molecule has 0 amide bonds. The molecule has 2 atom stereocenters. The Morgan fingerprint density at radius 1 is 0.690 bits per heavy atom. The van der Waals surface area contributed by atoms with Gasteiger partial charge < -0.3 is 10.2 Å². The summed E-state index contributed by atoms with van der Waals surface area (Å²) in [5, 5.41) is 5.48. The van der Waals surface area contributed by atoms with Gasteiger partial charge in [-0.15, -0.1) is 9.24 Å². The Morgan fingerprint density at radius 2 is 1.28 bits per heavy atom. The first-order chi connectivity index (χ1) is 14.2. The molecule has 0 radical (unpaired) electrons. The van der Waals surface area contributed by atoms with Crippen LogP contribution in [-0.2, 0) is 0 Å². The Hall–Kier alpha value is -2.70. The van der Waals surface area contributed by atoms with Crippen molar-refractivity contribution in [1.82, 2.24) is 0 Å². The molecule has 5 heteroatoms. The van der Waals surface area contributed by atoms with Crippen LogP contribution in [0, 0.1) is 0 Å². The van der Waals surface area contributed by atoms with Crippen molar-refractivity contribution in [1.29, 1.82) is 0 Å². The summed E-state index contributed by atoms with van der Waals surface area (Å²) >= 11 is 0. The van der Waals surface area contributed by atoms with Gasteiger partial charge in [0.2, 0.25) is 0 Å². The van der Waals surface area contributed by atoms with E-state index >= 15 is 0 Å². The molecule has 3 nitrogen and oxygen atoms in total. The maximum atomic E-state index is 11.4. The van der Waals surface area contributed by atoms with Gasteiger partial charge in [0, 0.05) is 16.7 Å². The number of rotatable bonds is 6. The smallest absolute Gasteiger partial charge is 0.168 e. The third-order valence-electron chi connectivity index (χ3n) is 4.50. The summed E-state index contributed by atoms with van der Waals surface area (Å²) in [6, 6.07) is 36.1. The number of anilines is 4. The van der Waals surface area contributed by atoms with Crippen LogP contribution in [0.1, 0.15) is 0 Å². The second kappa shape index (κ2) is 9.20. The van der Waals surface area contributed by atoms with Crippen molar-refractivity contribution in [3.8, 4) is 0 Å². The van der Waals surface area contributed by atoms with Gasteiger partial charge in [-0.1, -0.05) is 60.7 Å². The van der Waals surface area contributed by atoms with E-state index in [1.54, 1.807) is 0 Å². The number of benzene rings is 4. The van der Waals surface area contributed by atoms with Gasteiger partial charge in [0.1, 0.15) is 0 Å². The highest BCUT2D eigenvalue weighted by Crippen LogP contribution is 2.48. The van der Waals surface area contributed by atoms with Crippen molar-refractivity contribution in [2.45, 2.75) is 0 Å². The molecule has 4 aromatic rings. The normalized spacial score (nSPS) is 11.7. The monoisotopic (exact) mass is 416 g/mol. The van der Waals surface area contributed by atoms with Crippen LogP contribution in [0.15, 0.2) is 109 Å². The second-order valence-corrected chi connectivity index (χ2v) is 8.70. The first-order valence-electron chi connectivity index (χ1n) is 9.33. The summed E-state index contributed by atoms with van der Waals surface area (Å²) in [5.41, 5.74) is 3.80. The predicted molar refractivity (Wildman–Crippen MR) is 129 cm³/mol. The highest BCUT2D eigenvalue weighted by molar-refractivity contribution is 7.62. The van der Waals surface area contributed by atoms with E-state index in [1.165, 1.54) is 0 Å². The molecular formula is C24H22N2OP2. The van der Waals surface area contributed by atoms with Crippen molar-refractivity contribution in [3.63, 3.8) is 0 Å². The van der Waals surface area contributed by atoms with E-state index in [-0.39, 0.29) is 0 Å². The maximum Gasteiger partial charge on any atom is 0.168 e. The van der Waals surface area contributed by atoms with Gasteiger partial charge in [-0.3, -0.25) is 4.67 Å². The van der Waals surface area contributed by atoms with E-state index in [4.69, 9.17) is 0 Å². The second-order valence-electron chi connectivity index (χ2n) is 6.54. The fraction of sp³-hybridized carbons (Fsp3) is 0. The molecule has 0 aromatic heterocycles. The Morgan fingerprint density at radius 3 is 1.97 bits per heavy atom. The molecule has 29 heavy (non-hydrogen) atoms. The van der Waals surface area contributed by atoms with Crippen molar-refractivity contribution >= 4 is 50.9 Å². The Kier molecular flexibility index (Phi) is 6.22. The first-order valence-corrected chi connectivity index (χ1v) is 11.2. The molecule has 0 bridgehead atoms. The molecular weight excluding hydrogens is 394 g/mol. The summed E-state index contributed by atoms with van der Waals surface area (Å²) < 4.78 is 2.01. The number of hydrogen-bond donors (Lipinski definition) is 2. The van der Waals surface area contributed by atoms with Crippen LogP contribution in [0.2, 0.25) is 0 Å². The molecule has 0 saturated carbocycles. The van der Waals surface area contributed by atoms with Crippen LogP contribution >= 0.6 is 17.5 Å². The minimum atomic E-state index is -1.61. The zero-order valence-electron chi connectivity index (χ0n) is 15.8. The molecule has 0 aliphatic heterocycles. The molecule has 0 saturated heterocycles. The van der Waals surface area contributed by atoms with Gasteiger partial charge in [0.05, 0.1) is 11.4 Å². The van der Waals surface area contributed by atoms with Crippen LogP contribution in [0.4, 0.5) is 22.7 Å². The van der Waals surface area contributed by atoms with Crippen LogP contribution in [-0.4, -0.2) is 4.89 Å². The van der Waals surface area contributed by atoms with Crippen molar-refractivity contribution in [2.75, 3.05) is 9.99 Å². The van der Waals surface area contributed by atoms with Crippen molar-refractivity contribution in [3.05, 3.63) is 109 Å². The third kappa shape index (κ3) is 4.66. The summed E-state index contributed by atoms with van der Waals surface area (Å²) in [4.78, 5) is 11.4. The SMILES string of the molecule is OP(c1ccc(P)cc1)N(c1ccccc1)c1ccccc1Nc1ccccc1. The maximum absolute atomic E-state index is 11.4. The van der Waals surface area contributed by atoms with Crippen molar-refractivity contribution in [2.24, 2.45) is 0 Å². The highest BCUT2D eigenvalue weighted by Gasteiger charge is 2.23. The predicted octanol–water partition coefficient (Wildman–Crippen LogP) is 5.70. The topological polar surface area (TPSA) is 35.5 Å². The third-order valence-corrected chi connectivity index (χ3v) is 6.47. The molecule has 0 spiro atoms. The van der Waals surface area contributed by atoms with Gasteiger partial charge in [0.25, 0.3) is 0 Å². The molecule has 0 fully saturated rings. The van der Waals surface area contributed by atoms with E-state index in [0.717, 1.165) is 33.4 Å². The van der Waals surface area contributed by atoms with Gasteiger partial charge in [-0.25, -0.2) is 0 Å². The zero-order valence-corrected chi connectivity index (χ0v) is 17.9. The standard InChI is InChI=1S/C24H22N2OP2/c27-29(22-17-15-21(28)16-18-22)26(20-11-5-2-6-12-20)24-14-8-7-13-23(24)25-19-9-3-1-4-10-19/h1-18,25,27H,28H2. The average molecular weight is 416 g/mol. The summed E-state index contributed by atoms with van der Waals surface area (Å²) in [5.74, 6) is 0. The summed E-state index contributed by atoms with van der Waals surface area (Å²) in [6.07, 6.45) is 0. The van der Waals surface area contributed by atoms with E-state index < -0.39 is 8.30 Å². The van der Waals surface area contributed by atoms with Crippen LogP contribution in [0.5, 0.6) is 0 Å². The van der Waals surface area contributed by atoms with Crippen molar-refractivity contribution < 1.29 is 4.89 Å². The van der Waals surface area contributed by atoms with E-state index in [0.29, 0.717) is 0 Å². The molecule has 4 aromatic carbocycles. The molecule has 2 N–H and O–H groups in total. The van der Waals surface area contributed by atoms with E-state index in [9.17, 15) is 4.89 Å². The quantitative estimate of drug-likeness (QED) is 0.396. The summed E-state index contributed by atoms with van der Waals surface area (Å²) in [6.45, 7) is 0. The van der Waals surface area contributed by atoms with Crippen LogP contribution < -0.4 is 20.6 Å². The van der Waals surface area contributed by atoms with Crippen LogP contribution in [0.3, 0.4) is 0 Å². The Labute approximate surface area is 175 Å². The minimum Gasteiger partial charge on any atom is -0.354 e. The minimum absolute atomic E-state index is 0.893. The summed E-state index contributed by atoms with van der Waals surface area (Å²) in [7, 11) is 1.07. The fourth-order valence-corrected chi connectivity index (χ4v) is 4.65. The van der Waals surface area contributed by atoms with Gasteiger partial charge in [0.15, 0.2) is 8.30 Å². The lowest BCUT2D eigenvalue weighted by molar-refractivity contribution is 0.634. The number of hydrogen-bond acceptors (Lipinski definition) is 3. The number of para-hydroxylation sites is 4. The average Bonchev–Trinajstić information content (AvgIpc) is 2.77. The molecule has 0 aliphatic carbocycles. The molecule has 144 valence electrons. The fourth-order valence-electron chi connectivity index (χ4n) is 3.08. The van der Waals surface area contributed by atoms with E-state index in [2.05, 4.69) is 14.6 Å².